The van der Waals surface area contributed by atoms with Gasteiger partial charge in [0.1, 0.15) is 5.76 Å². The lowest BCUT2D eigenvalue weighted by atomic mass is 10.2. The summed E-state index contributed by atoms with van der Waals surface area (Å²) in [5, 5.41) is 11.7. The van der Waals surface area contributed by atoms with Crippen LogP contribution in [0.2, 0.25) is 0 Å². The van der Waals surface area contributed by atoms with Gasteiger partial charge in [-0.25, -0.2) is 4.79 Å². The summed E-state index contributed by atoms with van der Waals surface area (Å²) in [6, 6.07) is 3.04. The molecule has 0 aliphatic carbocycles. The van der Waals surface area contributed by atoms with Crippen molar-refractivity contribution in [1.82, 2.24) is 5.32 Å². The number of hydrogen-bond donors (Lipinski definition) is 2. The van der Waals surface area contributed by atoms with Gasteiger partial charge in [0.05, 0.1) is 12.6 Å². The van der Waals surface area contributed by atoms with Gasteiger partial charge >= 0.3 is 5.97 Å². The van der Waals surface area contributed by atoms with E-state index in [1.54, 1.807) is 6.07 Å². The fourth-order valence-electron chi connectivity index (χ4n) is 1.13. The van der Waals surface area contributed by atoms with E-state index in [1.165, 1.54) is 6.07 Å². The van der Waals surface area contributed by atoms with E-state index >= 15 is 0 Å². The summed E-state index contributed by atoms with van der Waals surface area (Å²) in [6.07, 6.45) is 6.09. The summed E-state index contributed by atoms with van der Waals surface area (Å²) in [5.74, 6) is 2.03. The third-order valence-corrected chi connectivity index (χ3v) is 2.00. The molecule has 4 heteroatoms. The third-order valence-electron chi connectivity index (χ3n) is 2.00. The number of terminal acetylenes is 1. The molecular formula is C11H13NO3. The number of nitrogens with one attached hydrogen (secondary N) is 1. The molecule has 1 unspecified atom stereocenters. The largest absolute Gasteiger partial charge is 0.475 e. The average molecular weight is 207 g/mol. The van der Waals surface area contributed by atoms with Gasteiger partial charge in [0.2, 0.25) is 5.76 Å². The SMILES string of the molecule is C#CC(CC)NCc1ccc(C(=O)O)o1. The maximum Gasteiger partial charge on any atom is 0.371 e. The lowest BCUT2D eigenvalue weighted by molar-refractivity contribution is 0.0660. The van der Waals surface area contributed by atoms with Crippen molar-refractivity contribution >= 4 is 5.97 Å². The van der Waals surface area contributed by atoms with Gasteiger partial charge in [-0.05, 0) is 18.6 Å². The van der Waals surface area contributed by atoms with Crippen molar-refractivity contribution in [3.63, 3.8) is 0 Å². The maximum absolute atomic E-state index is 10.5. The van der Waals surface area contributed by atoms with E-state index in [2.05, 4.69) is 11.2 Å². The molecule has 0 aromatic carbocycles. The van der Waals surface area contributed by atoms with E-state index in [9.17, 15) is 4.79 Å². The van der Waals surface area contributed by atoms with Crippen LogP contribution in [0.3, 0.4) is 0 Å². The second kappa shape index (κ2) is 5.23. The standard InChI is InChI=1S/C11H13NO3/c1-3-8(4-2)12-7-9-5-6-10(15-9)11(13)14/h1,5-6,8,12H,4,7H2,2H3,(H,13,14). The van der Waals surface area contributed by atoms with E-state index in [0.29, 0.717) is 12.3 Å². The Morgan fingerprint density at radius 3 is 2.93 bits per heavy atom. The molecule has 1 rings (SSSR count). The summed E-state index contributed by atoms with van der Waals surface area (Å²) in [7, 11) is 0. The Kier molecular flexibility index (Phi) is 3.95. The second-order valence-corrected chi connectivity index (χ2v) is 3.08. The van der Waals surface area contributed by atoms with Crippen LogP contribution in [0.1, 0.15) is 29.7 Å². The minimum atomic E-state index is -1.06. The Balaban J connectivity index is 2.51. The second-order valence-electron chi connectivity index (χ2n) is 3.08. The first-order chi connectivity index (χ1) is 7.17. The van der Waals surface area contributed by atoms with Crippen LogP contribution in [0, 0.1) is 12.3 Å². The smallest absolute Gasteiger partial charge is 0.371 e. The summed E-state index contributed by atoms with van der Waals surface area (Å²) in [5.41, 5.74) is 0. The van der Waals surface area contributed by atoms with Crippen LogP contribution in [-0.4, -0.2) is 17.1 Å². The first kappa shape index (κ1) is 11.3. The van der Waals surface area contributed by atoms with Gasteiger partial charge in [-0.1, -0.05) is 12.8 Å². The van der Waals surface area contributed by atoms with Crippen molar-refractivity contribution < 1.29 is 14.3 Å². The highest BCUT2D eigenvalue weighted by atomic mass is 16.4. The number of rotatable bonds is 5. The molecule has 0 saturated heterocycles. The highest BCUT2D eigenvalue weighted by Crippen LogP contribution is 2.07. The molecule has 4 nitrogen and oxygen atoms in total. The third kappa shape index (κ3) is 3.15. The lowest BCUT2D eigenvalue weighted by Gasteiger charge is -2.08. The Bertz CT molecular complexity index is 375. The first-order valence-corrected chi connectivity index (χ1v) is 4.69. The number of carboxylic acids is 1. The normalized spacial score (nSPS) is 12.0. The molecule has 1 atom stereocenters. The van der Waals surface area contributed by atoms with Gasteiger partial charge in [-0.2, -0.15) is 0 Å². The van der Waals surface area contributed by atoms with E-state index in [1.807, 2.05) is 6.92 Å². The number of aromatic carboxylic acids is 1. The van der Waals surface area contributed by atoms with Crippen molar-refractivity contribution in [3.05, 3.63) is 23.7 Å². The molecule has 0 amide bonds. The van der Waals surface area contributed by atoms with Crippen LogP contribution in [-0.2, 0) is 6.54 Å². The first-order valence-electron chi connectivity index (χ1n) is 4.69. The fraction of sp³-hybridized carbons (Fsp3) is 0.364. The van der Waals surface area contributed by atoms with E-state index < -0.39 is 5.97 Å². The van der Waals surface area contributed by atoms with Crippen LogP contribution < -0.4 is 5.32 Å². The Morgan fingerprint density at radius 2 is 2.47 bits per heavy atom. The van der Waals surface area contributed by atoms with Crippen molar-refractivity contribution in [2.24, 2.45) is 0 Å². The monoisotopic (exact) mass is 207 g/mol. The molecule has 0 aliphatic rings. The molecular weight excluding hydrogens is 194 g/mol. The molecule has 0 spiro atoms. The van der Waals surface area contributed by atoms with Crippen molar-refractivity contribution in [2.75, 3.05) is 0 Å². The predicted octanol–water partition coefficient (Wildman–Crippen LogP) is 1.48. The highest BCUT2D eigenvalue weighted by molar-refractivity contribution is 5.84. The van der Waals surface area contributed by atoms with Gasteiger partial charge in [-0.15, -0.1) is 6.42 Å². The predicted molar refractivity (Wildman–Crippen MR) is 55.4 cm³/mol. The van der Waals surface area contributed by atoms with Gasteiger partial charge in [0.15, 0.2) is 0 Å². The van der Waals surface area contributed by atoms with Crippen LogP contribution in [0.25, 0.3) is 0 Å². The van der Waals surface area contributed by atoms with Gasteiger partial charge < -0.3 is 9.52 Å². The van der Waals surface area contributed by atoms with Crippen LogP contribution >= 0.6 is 0 Å². The fourth-order valence-corrected chi connectivity index (χ4v) is 1.13. The minimum Gasteiger partial charge on any atom is -0.475 e. The quantitative estimate of drug-likeness (QED) is 0.718. The van der Waals surface area contributed by atoms with E-state index in [-0.39, 0.29) is 11.8 Å². The molecule has 1 aromatic heterocycles. The van der Waals surface area contributed by atoms with Crippen LogP contribution in [0.15, 0.2) is 16.5 Å². The molecule has 15 heavy (non-hydrogen) atoms. The zero-order valence-electron chi connectivity index (χ0n) is 8.49. The topological polar surface area (TPSA) is 62.5 Å². The maximum atomic E-state index is 10.5. The number of hydrogen-bond acceptors (Lipinski definition) is 3. The molecule has 0 aliphatic heterocycles. The molecule has 1 aromatic rings. The van der Waals surface area contributed by atoms with Crippen molar-refractivity contribution in [1.29, 1.82) is 0 Å². The van der Waals surface area contributed by atoms with Gasteiger partial charge in [0.25, 0.3) is 0 Å². The highest BCUT2D eigenvalue weighted by Gasteiger charge is 2.09. The Hall–Kier alpha value is -1.73. The number of carbonyl (C=O) groups is 1. The molecule has 2 N–H and O–H groups in total. The summed E-state index contributed by atoms with van der Waals surface area (Å²) < 4.78 is 5.05. The minimum absolute atomic E-state index is 0.0108. The van der Waals surface area contributed by atoms with Gasteiger partial charge in [0, 0.05) is 0 Å². The van der Waals surface area contributed by atoms with Gasteiger partial charge in [-0.3, -0.25) is 5.32 Å². The number of furan rings is 1. The Morgan fingerprint density at radius 1 is 1.73 bits per heavy atom. The molecule has 0 saturated carbocycles. The van der Waals surface area contributed by atoms with Crippen molar-refractivity contribution in [2.45, 2.75) is 25.9 Å². The molecule has 1 heterocycles. The zero-order chi connectivity index (χ0) is 11.3. The van der Waals surface area contributed by atoms with Crippen molar-refractivity contribution in [3.8, 4) is 12.3 Å². The van der Waals surface area contributed by atoms with E-state index in [4.69, 9.17) is 15.9 Å². The molecule has 0 fully saturated rings. The molecule has 80 valence electrons. The summed E-state index contributed by atoms with van der Waals surface area (Å²) in [4.78, 5) is 10.5. The average Bonchev–Trinajstić information content (AvgIpc) is 2.68. The lowest BCUT2D eigenvalue weighted by Crippen LogP contribution is -2.25. The summed E-state index contributed by atoms with van der Waals surface area (Å²) in [6.45, 7) is 2.42. The van der Waals surface area contributed by atoms with Crippen LogP contribution in [0.4, 0.5) is 0 Å². The molecule has 0 bridgehead atoms. The van der Waals surface area contributed by atoms with E-state index in [0.717, 1.165) is 6.42 Å². The molecule has 0 radical (unpaired) electrons. The zero-order valence-corrected chi connectivity index (χ0v) is 8.49. The number of carboxylic acid groups (broad SMARTS) is 1. The van der Waals surface area contributed by atoms with Crippen LogP contribution in [0.5, 0.6) is 0 Å². The Labute approximate surface area is 88.3 Å². The summed E-state index contributed by atoms with van der Waals surface area (Å²) >= 11 is 0.